The molecular weight excluding hydrogens is 671 g/mol. The van der Waals surface area contributed by atoms with Crippen molar-refractivity contribution in [3.8, 4) is 50.5 Å². The van der Waals surface area contributed by atoms with E-state index in [-0.39, 0.29) is 5.41 Å². The van der Waals surface area contributed by atoms with Crippen molar-refractivity contribution in [3.05, 3.63) is 163 Å². The van der Waals surface area contributed by atoms with Gasteiger partial charge in [0.15, 0.2) is 5.82 Å². The second-order valence-corrected chi connectivity index (χ2v) is 15.7. The lowest BCUT2D eigenvalue weighted by atomic mass is 9.79. The van der Waals surface area contributed by atoms with E-state index in [9.17, 15) is 0 Å². The van der Waals surface area contributed by atoms with Gasteiger partial charge in [0.05, 0.1) is 22.1 Å². The van der Waals surface area contributed by atoms with E-state index in [1.807, 2.05) is 0 Å². The Morgan fingerprint density at radius 3 is 2.04 bits per heavy atom. The molecule has 8 aromatic carbocycles. The van der Waals surface area contributed by atoms with Crippen LogP contribution < -0.4 is 0 Å². The molecule has 0 amide bonds. The fraction of sp³-hybridized carbons (Fsp3) is 0.0588. The zero-order valence-corrected chi connectivity index (χ0v) is 30.2. The Balaban J connectivity index is 1.26. The standard InChI is InChI=1S/C51H31N3O/c1-51(2)36-21-7-6-16-30(36)33-19-11-20-34(47(33)51)48-50(53-38-23-9-8-22-37(38)52-48)54-39-26-25-29-15-10-17-31-32-18-12-24-41-43(32)46-45(44(39)42(29)31)40(54)27-35(49(46)55-41)28-13-4-3-5-14-28/h3-27H,1-2H3. The molecule has 3 aromatic heterocycles. The summed E-state index contributed by atoms with van der Waals surface area (Å²) in [6, 6.07) is 54.6. The molecule has 0 unspecified atom stereocenters. The molecule has 0 bridgehead atoms. The minimum atomic E-state index is -0.237. The summed E-state index contributed by atoms with van der Waals surface area (Å²) >= 11 is 0. The Bertz CT molecular complexity index is 3510. The summed E-state index contributed by atoms with van der Waals surface area (Å²) in [5.41, 5.74) is 17.2. The maximum Gasteiger partial charge on any atom is 0.165 e. The summed E-state index contributed by atoms with van der Waals surface area (Å²) in [4.78, 5) is 11.2. The summed E-state index contributed by atoms with van der Waals surface area (Å²) < 4.78 is 9.34. The van der Waals surface area contributed by atoms with Crippen LogP contribution in [0.1, 0.15) is 25.0 Å². The first-order chi connectivity index (χ1) is 27.1. The molecule has 0 N–H and O–H groups in total. The molecular formula is C51H31N3O. The SMILES string of the molecule is CC1(C)c2ccccc2-c2cccc(-c3nc4ccccc4nc3-n3c4ccc5cccc6c5c4c4c5c(oc7cccc-6c75)c(-c5ccccc5)cc43)c21. The zero-order valence-electron chi connectivity index (χ0n) is 30.2. The number of nitrogens with zero attached hydrogens (tertiary/aromatic N) is 3. The molecule has 4 nitrogen and oxygen atoms in total. The third-order valence-corrected chi connectivity index (χ3v) is 12.5. The lowest BCUT2D eigenvalue weighted by Crippen LogP contribution is -2.17. The van der Waals surface area contributed by atoms with E-state index in [0.717, 1.165) is 72.2 Å². The van der Waals surface area contributed by atoms with Gasteiger partial charge in [0, 0.05) is 38.1 Å². The molecule has 55 heavy (non-hydrogen) atoms. The number of hydrogen-bond donors (Lipinski definition) is 0. The van der Waals surface area contributed by atoms with Crippen LogP contribution in [0.3, 0.4) is 0 Å². The van der Waals surface area contributed by atoms with Crippen molar-refractivity contribution in [1.29, 1.82) is 0 Å². The number of rotatable bonds is 3. The topological polar surface area (TPSA) is 43.9 Å². The number of hydrogen-bond acceptors (Lipinski definition) is 3. The highest BCUT2D eigenvalue weighted by Gasteiger charge is 2.39. The third-order valence-electron chi connectivity index (χ3n) is 12.5. The smallest absolute Gasteiger partial charge is 0.165 e. The third kappa shape index (κ3) is 3.62. The Morgan fingerprint density at radius 1 is 0.491 bits per heavy atom. The van der Waals surface area contributed by atoms with Gasteiger partial charge in [-0.25, -0.2) is 9.97 Å². The van der Waals surface area contributed by atoms with E-state index in [0.29, 0.717) is 0 Å². The van der Waals surface area contributed by atoms with Gasteiger partial charge >= 0.3 is 0 Å². The first-order valence-corrected chi connectivity index (χ1v) is 19.0. The van der Waals surface area contributed by atoms with E-state index in [1.54, 1.807) is 0 Å². The monoisotopic (exact) mass is 701 g/mol. The molecule has 0 radical (unpaired) electrons. The van der Waals surface area contributed by atoms with Gasteiger partial charge in [-0.2, -0.15) is 0 Å². The number of para-hydroxylation sites is 2. The summed E-state index contributed by atoms with van der Waals surface area (Å²) in [6.07, 6.45) is 0. The Kier molecular flexibility index (Phi) is 5.42. The van der Waals surface area contributed by atoms with Crippen molar-refractivity contribution in [2.24, 2.45) is 0 Å². The first-order valence-electron chi connectivity index (χ1n) is 19.0. The van der Waals surface area contributed by atoms with Gasteiger partial charge < -0.3 is 4.42 Å². The molecule has 2 aliphatic carbocycles. The maximum atomic E-state index is 6.93. The van der Waals surface area contributed by atoms with Gasteiger partial charge in [-0.15, -0.1) is 0 Å². The van der Waals surface area contributed by atoms with Crippen molar-refractivity contribution in [1.82, 2.24) is 14.5 Å². The quantitative estimate of drug-likeness (QED) is 0.184. The molecule has 256 valence electrons. The highest BCUT2D eigenvalue weighted by Crippen LogP contribution is 2.55. The summed E-state index contributed by atoms with van der Waals surface area (Å²) in [7, 11) is 0. The largest absolute Gasteiger partial charge is 0.455 e. The molecule has 4 heteroatoms. The number of benzene rings is 8. The van der Waals surface area contributed by atoms with Crippen LogP contribution in [-0.2, 0) is 5.41 Å². The van der Waals surface area contributed by atoms with Crippen molar-refractivity contribution >= 4 is 65.6 Å². The van der Waals surface area contributed by atoms with Gasteiger partial charge in [-0.1, -0.05) is 135 Å². The molecule has 0 spiro atoms. The van der Waals surface area contributed by atoms with Crippen LogP contribution in [0.15, 0.2) is 156 Å². The second kappa shape index (κ2) is 10.1. The van der Waals surface area contributed by atoms with Crippen molar-refractivity contribution in [3.63, 3.8) is 0 Å². The predicted molar refractivity (Wildman–Crippen MR) is 226 cm³/mol. The Morgan fingerprint density at radius 2 is 1.16 bits per heavy atom. The zero-order chi connectivity index (χ0) is 36.2. The van der Waals surface area contributed by atoms with Crippen LogP contribution in [0.5, 0.6) is 0 Å². The maximum absolute atomic E-state index is 6.93. The molecule has 0 saturated heterocycles. The average Bonchev–Trinajstić information content (AvgIpc) is 3.82. The van der Waals surface area contributed by atoms with Crippen LogP contribution in [0.2, 0.25) is 0 Å². The molecule has 0 saturated carbocycles. The minimum Gasteiger partial charge on any atom is -0.455 e. The number of furan rings is 1. The van der Waals surface area contributed by atoms with Crippen molar-refractivity contribution in [2.45, 2.75) is 19.3 Å². The first kappa shape index (κ1) is 29.4. The molecule has 2 aliphatic rings. The lowest BCUT2D eigenvalue weighted by molar-refractivity contribution is 0.661. The lowest BCUT2D eigenvalue weighted by Gasteiger charge is -2.25. The van der Waals surface area contributed by atoms with Gasteiger partial charge in [0.25, 0.3) is 0 Å². The van der Waals surface area contributed by atoms with Crippen molar-refractivity contribution < 1.29 is 4.42 Å². The van der Waals surface area contributed by atoms with Crippen LogP contribution in [0.4, 0.5) is 0 Å². The molecule has 13 rings (SSSR count). The highest BCUT2D eigenvalue weighted by molar-refractivity contribution is 6.39. The predicted octanol–water partition coefficient (Wildman–Crippen LogP) is 13.4. The van der Waals surface area contributed by atoms with Gasteiger partial charge in [0.2, 0.25) is 0 Å². The fourth-order valence-corrected chi connectivity index (χ4v) is 10.2. The molecule has 3 heterocycles. The molecule has 11 aromatic rings. The fourth-order valence-electron chi connectivity index (χ4n) is 10.2. The highest BCUT2D eigenvalue weighted by atomic mass is 16.3. The van der Waals surface area contributed by atoms with E-state index in [1.165, 1.54) is 54.9 Å². The van der Waals surface area contributed by atoms with E-state index in [4.69, 9.17) is 14.4 Å². The molecule has 0 atom stereocenters. The normalized spacial score (nSPS) is 13.8. The van der Waals surface area contributed by atoms with Gasteiger partial charge in [-0.05, 0) is 80.0 Å². The van der Waals surface area contributed by atoms with Crippen molar-refractivity contribution in [2.75, 3.05) is 0 Å². The summed E-state index contributed by atoms with van der Waals surface area (Å²) in [6.45, 7) is 4.69. The van der Waals surface area contributed by atoms with Crippen LogP contribution >= 0.6 is 0 Å². The van der Waals surface area contributed by atoms with E-state index >= 15 is 0 Å². The molecule has 0 aliphatic heterocycles. The molecule has 0 fully saturated rings. The number of aromatic nitrogens is 3. The summed E-state index contributed by atoms with van der Waals surface area (Å²) in [5.74, 6) is 0.822. The van der Waals surface area contributed by atoms with E-state index < -0.39 is 0 Å². The van der Waals surface area contributed by atoms with Crippen LogP contribution in [0.25, 0.3) is 116 Å². The van der Waals surface area contributed by atoms with Crippen LogP contribution in [-0.4, -0.2) is 14.5 Å². The number of fused-ring (bicyclic) bond motifs is 5. The summed E-state index contributed by atoms with van der Waals surface area (Å²) in [5, 5.41) is 7.20. The second-order valence-electron chi connectivity index (χ2n) is 15.7. The van der Waals surface area contributed by atoms with E-state index in [2.05, 4.69) is 170 Å². The minimum absolute atomic E-state index is 0.237. The van der Waals surface area contributed by atoms with Crippen LogP contribution in [0, 0.1) is 0 Å². The average molecular weight is 702 g/mol. The Hall–Kier alpha value is -7.04. The Labute approximate surface area is 315 Å². The van der Waals surface area contributed by atoms with Gasteiger partial charge in [-0.3, -0.25) is 4.57 Å². The van der Waals surface area contributed by atoms with Gasteiger partial charge in [0.1, 0.15) is 16.9 Å².